The predicted molar refractivity (Wildman–Crippen MR) is 72.8 cm³/mol. The Balaban J connectivity index is 2.10. The van der Waals surface area contributed by atoms with E-state index < -0.39 is 16.4 Å². The topological polar surface area (TPSA) is 95.1 Å². The number of nitro groups is 1. The van der Waals surface area contributed by atoms with E-state index in [2.05, 4.69) is 15.5 Å². The van der Waals surface area contributed by atoms with Crippen LogP contribution >= 0.6 is 0 Å². The van der Waals surface area contributed by atoms with E-state index in [4.69, 9.17) is 4.74 Å². The largest absolute Gasteiger partial charge is 0.490 e. The van der Waals surface area contributed by atoms with Gasteiger partial charge in [-0.25, -0.2) is 4.39 Å². The summed E-state index contributed by atoms with van der Waals surface area (Å²) in [5.41, 5.74) is -0.270. The number of rotatable bonds is 6. The molecular formula is C12H14FN5O3. The minimum Gasteiger partial charge on any atom is -0.490 e. The Bertz CT molecular complexity index is 658. The van der Waals surface area contributed by atoms with Crippen molar-refractivity contribution in [2.45, 2.75) is 6.42 Å². The van der Waals surface area contributed by atoms with Crippen molar-refractivity contribution in [2.24, 2.45) is 7.05 Å². The van der Waals surface area contributed by atoms with Crippen molar-refractivity contribution >= 4 is 11.4 Å². The molecule has 1 aromatic carbocycles. The number of nitro benzene ring substituents is 1. The van der Waals surface area contributed by atoms with Gasteiger partial charge in [-0.05, 0) is 0 Å². The van der Waals surface area contributed by atoms with Crippen LogP contribution in [0.1, 0.15) is 5.82 Å². The Morgan fingerprint density at radius 2 is 2.29 bits per heavy atom. The summed E-state index contributed by atoms with van der Waals surface area (Å²) in [5, 5.41) is 21.3. The van der Waals surface area contributed by atoms with Crippen molar-refractivity contribution in [3.8, 4) is 5.75 Å². The highest BCUT2D eigenvalue weighted by atomic mass is 19.1. The molecule has 2 rings (SSSR count). The molecule has 21 heavy (non-hydrogen) atoms. The zero-order valence-electron chi connectivity index (χ0n) is 11.5. The van der Waals surface area contributed by atoms with Gasteiger partial charge < -0.3 is 14.6 Å². The molecule has 9 heteroatoms. The Kier molecular flexibility index (Phi) is 4.31. The van der Waals surface area contributed by atoms with Crippen LogP contribution in [0.4, 0.5) is 15.8 Å². The molecule has 2 aromatic rings. The van der Waals surface area contributed by atoms with Gasteiger partial charge in [0.25, 0.3) is 0 Å². The Morgan fingerprint density at radius 1 is 1.52 bits per heavy atom. The zero-order chi connectivity index (χ0) is 15.4. The summed E-state index contributed by atoms with van der Waals surface area (Å²) in [5.74, 6) is 0.0415. The van der Waals surface area contributed by atoms with Crippen LogP contribution in [-0.4, -0.2) is 33.3 Å². The van der Waals surface area contributed by atoms with Crippen LogP contribution in [0, 0.1) is 15.9 Å². The predicted octanol–water partition coefficient (Wildman–Crippen LogP) is 1.53. The van der Waals surface area contributed by atoms with Gasteiger partial charge >= 0.3 is 5.69 Å². The SMILES string of the molecule is COc1cc(NCCc2nncn2C)c(F)cc1[N+](=O)[O-]. The summed E-state index contributed by atoms with van der Waals surface area (Å²) in [6.07, 6.45) is 2.11. The third kappa shape index (κ3) is 3.25. The molecule has 0 aliphatic heterocycles. The number of methoxy groups -OCH3 is 1. The smallest absolute Gasteiger partial charge is 0.313 e. The van der Waals surface area contributed by atoms with E-state index in [1.807, 2.05) is 7.05 Å². The van der Waals surface area contributed by atoms with E-state index in [1.165, 1.54) is 13.2 Å². The summed E-state index contributed by atoms with van der Waals surface area (Å²) < 4.78 is 20.5. The number of aryl methyl sites for hydroxylation is 1. The Labute approximate surface area is 119 Å². The first-order valence-electron chi connectivity index (χ1n) is 6.11. The summed E-state index contributed by atoms with van der Waals surface area (Å²) in [6.45, 7) is 0.407. The molecule has 0 radical (unpaired) electrons. The lowest BCUT2D eigenvalue weighted by molar-refractivity contribution is -0.385. The molecular weight excluding hydrogens is 281 g/mol. The third-order valence-electron chi connectivity index (χ3n) is 2.93. The van der Waals surface area contributed by atoms with Crippen molar-refractivity contribution in [1.82, 2.24) is 14.8 Å². The lowest BCUT2D eigenvalue weighted by atomic mass is 10.2. The van der Waals surface area contributed by atoms with Crippen molar-refractivity contribution in [1.29, 1.82) is 0 Å². The van der Waals surface area contributed by atoms with Gasteiger partial charge in [-0.15, -0.1) is 10.2 Å². The quantitative estimate of drug-likeness (QED) is 0.641. The maximum atomic E-state index is 13.8. The number of nitrogens with zero attached hydrogens (tertiary/aromatic N) is 4. The first-order valence-corrected chi connectivity index (χ1v) is 6.11. The summed E-state index contributed by atoms with van der Waals surface area (Å²) >= 11 is 0. The minimum absolute atomic E-state index is 0.00237. The van der Waals surface area contributed by atoms with E-state index >= 15 is 0 Å². The monoisotopic (exact) mass is 295 g/mol. The second-order valence-electron chi connectivity index (χ2n) is 4.30. The lowest BCUT2D eigenvalue weighted by Gasteiger charge is -2.09. The van der Waals surface area contributed by atoms with Crippen molar-refractivity contribution < 1.29 is 14.1 Å². The Hall–Kier alpha value is -2.71. The summed E-state index contributed by atoms with van der Waals surface area (Å²) in [7, 11) is 3.11. The summed E-state index contributed by atoms with van der Waals surface area (Å²) in [6, 6.07) is 2.10. The fourth-order valence-electron chi connectivity index (χ4n) is 1.83. The summed E-state index contributed by atoms with van der Waals surface area (Å²) in [4.78, 5) is 10.1. The average molecular weight is 295 g/mol. The van der Waals surface area contributed by atoms with Gasteiger partial charge in [0.05, 0.1) is 23.8 Å². The van der Waals surface area contributed by atoms with E-state index in [-0.39, 0.29) is 11.4 Å². The number of nitrogens with one attached hydrogen (secondary N) is 1. The van der Waals surface area contributed by atoms with Crippen LogP contribution in [0.15, 0.2) is 18.5 Å². The first kappa shape index (κ1) is 14.7. The van der Waals surface area contributed by atoms with Crippen LogP contribution in [0.3, 0.4) is 0 Å². The Morgan fingerprint density at radius 3 is 2.86 bits per heavy atom. The molecule has 0 bridgehead atoms. The van der Waals surface area contributed by atoms with E-state index in [9.17, 15) is 14.5 Å². The molecule has 1 N–H and O–H groups in total. The van der Waals surface area contributed by atoms with Gasteiger partial charge in [0, 0.05) is 26.1 Å². The molecule has 0 spiro atoms. The molecule has 0 amide bonds. The van der Waals surface area contributed by atoms with Gasteiger partial charge in [-0.1, -0.05) is 0 Å². The molecule has 0 saturated heterocycles. The first-order chi connectivity index (χ1) is 10.0. The van der Waals surface area contributed by atoms with E-state index in [1.54, 1.807) is 10.9 Å². The zero-order valence-corrected chi connectivity index (χ0v) is 11.5. The number of hydrogen-bond acceptors (Lipinski definition) is 6. The fraction of sp³-hybridized carbons (Fsp3) is 0.333. The second kappa shape index (κ2) is 6.16. The minimum atomic E-state index is -0.708. The van der Waals surface area contributed by atoms with E-state index in [0.29, 0.717) is 13.0 Å². The number of benzene rings is 1. The number of hydrogen-bond donors (Lipinski definition) is 1. The molecule has 0 fully saturated rings. The standard InChI is InChI=1S/C12H14FN5O3/c1-17-7-15-16-12(17)3-4-14-9-6-11(21-2)10(18(19)20)5-8(9)13/h5-7,14H,3-4H2,1-2H3. The van der Waals surface area contributed by atoms with Gasteiger partial charge in [-0.2, -0.15) is 0 Å². The van der Waals surface area contributed by atoms with Crippen molar-refractivity contribution in [2.75, 3.05) is 19.0 Å². The molecule has 0 saturated carbocycles. The highest BCUT2D eigenvalue weighted by Gasteiger charge is 2.19. The maximum absolute atomic E-state index is 13.8. The van der Waals surface area contributed by atoms with Gasteiger partial charge in [0.15, 0.2) is 11.6 Å². The third-order valence-corrected chi connectivity index (χ3v) is 2.93. The van der Waals surface area contributed by atoms with Crippen molar-refractivity contribution in [3.63, 3.8) is 0 Å². The number of halogens is 1. The van der Waals surface area contributed by atoms with Crippen LogP contribution in [0.25, 0.3) is 0 Å². The normalized spacial score (nSPS) is 10.4. The van der Waals surface area contributed by atoms with Gasteiger partial charge in [-0.3, -0.25) is 10.1 Å². The molecule has 112 valence electrons. The number of anilines is 1. The maximum Gasteiger partial charge on any atom is 0.313 e. The van der Waals surface area contributed by atoms with E-state index in [0.717, 1.165) is 11.9 Å². The van der Waals surface area contributed by atoms with Gasteiger partial charge in [0.2, 0.25) is 0 Å². The lowest BCUT2D eigenvalue weighted by Crippen LogP contribution is -2.10. The number of ether oxygens (including phenoxy) is 1. The molecule has 0 atom stereocenters. The highest BCUT2D eigenvalue weighted by Crippen LogP contribution is 2.32. The second-order valence-corrected chi connectivity index (χ2v) is 4.30. The molecule has 8 nitrogen and oxygen atoms in total. The number of aromatic nitrogens is 3. The molecule has 1 aromatic heterocycles. The molecule has 0 aliphatic carbocycles. The van der Waals surface area contributed by atoms with Crippen LogP contribution in [-0.2, 0) is 13.5 Å². The van der Waals surface area contributed by atoms with Crippen LogP contribution in [0.5, 0.6) is 5.75 Å². The van der Waals surface area contributed by atoms with Crippen LogP contribution in [0.2, 0.25) is 0 Å². The van der Waals surface area contributed by atoms with Crippen LogP contribution < -0.4 is 10.1 Å². The molecule has 0 unspecified atom stereocenters. The molecule has 1 heterocycles. The van der Waals surface area contributed by atoms with Crippen molar-refractivity contribution in [3.05, 3.63) is 40.2 Å². The fourth-order valence-corrected chi connectivity index (χ4v) is 1.83. The average Bonchev–Trinajstić information content (AvgIpc) is 2.85. The molecule has 0 aliphatic rings. The van der Waals surface area contributed by atoms with Gasteiger partial charge in [0.1, 0.15) is 12.2 Å². The highest BCUT2D eigenvalue weighted by molar-refractivity contribution is 5.59.